The summed E-state index contributed by atoms with van der Waals surface area (Å²) < 4.78 is 29.3. The summed E-state index contributed by atoms with van der Waals surface area (Å²) in [5.41, 5.74) is 2.45. The summed E-state index contributed by atoms with van der Waals surface area (Å²) in [6, 6.07) is 0. The number of aromatic nitrogens is 5. The van der Waals surface area contributed by atoms with E-state index in [2.05, 4.69) is 36.7 Å². The van der Waals surface area contributed by atoms with Crippen molar-refractivity contribution in [1.82, 2.24) is 24.7 Å². The van der Waals surface area contributed by atoms with Gasteiger partial charge in [0.25, 0.3) is 6.43 Å². The molecule has 0 bridgehead atoms. The van der Waals surface area contributed by atoms with Gasteiger partial charge in [-0.2, -0.15) is 5.10 Å². The van der Waals surface area contributed by atoms with Crippen LogP contribution in [0.5, 0.6) is 0 Å². The van der Waals surface area contributed by atoms with E-state index in [-0.39, 0.29) is 5.16 Å². The van der Waals surface area contributed by atoms with Crippen LogP contribution >= 0.6 is 27.7 Å². The minimum Gasteiger partial charge on any atom is -0.273 e. The SMILES string of the molecule is CCSc1nnc(C(F)F)n1NC(=O)C(C)Cn1cc(Br)cn1. The highest BCUT2D eigenvalue weighted by molar-refractivity contribution is 9.10. The second-order valence-electron chi connectivity index (χ2n) is 4.67. The number of rotatable bonds is 7. The van der Waals surface area contributed by atoms with Crippen molar-refractivity contribution in [1.29, 1.82) is 0 Å². The van der Waals surface area contributed by atoms with Gasteiger partial charge in [0.15, 0.2) is 0 Å². The maximum absolute atomic E-state index is 13.0. The molecule has 1 amide bonds. The van der Waals surface area contributed by atoms with Crippen LogP contribution in [0.15, 0.2) is 22.0 Å². The first-order valence-corrected chi connectivity index (χ1v) is 8.55. The molecule has 23 heavy (non-hydrogen) atoms. The van der Waals surface area contributed by atoms with Crippen molar-refractivity contribution in [2.24, 2.45) is 5.92 Å². The molecule has 0 saturated carbocycles. The van der Waals surface area contributed by atoms with Gasteiger partial charge in [0.2, 0.25) is 16.9 Å². The van der Waals surface area contributed by atoms with Gasteiger partial charge in [-0.05, 0) is 21.7 Å². The molecule has 11 heteroatoms. The third-order valence-corrected chi connectivity index (χ3v) is 4.08. The number of nitrogens with zero attached hydrogens (tertiary/aromatic N) is 5. The minimum atomic E-state index is -2.83. The van der Waals surface area contributed by atoms with Crippen molar-refractivity contribution in [2.75, 3.05) is 11.2 Å². The number of alkyl halides is 2. The highest BCUT2D eigenvalue weighted by atomic mass is 79.9. The minimum absolute atomic E-state index is 0.227. The van der Waals surface area contributed by atoms with E-state index in [9.17, 15) is 13.6 Å². The summed E-state index contributed by atoms with van der Waals surface area (Å²) in [6.07, 6.45) is 0.507. The number of carbonyl (C=O) groups excluding carboxylic acids is 1. The lowest BCUT2D eigenvalue weighted by Gasteiger charge is -2.15. The van der Waals surface area contributed by atoms with Crippen LogP contribution < -0.4 is 5.43 Å². The number of hydrogen-bond donors (Lipinski definition) is 1. The standard InChI is InChI=1S/C12H15BrF2N6OS/c1-3-23-12-18-17-10(9(14)15)21(12)19-11(22)7(2)5-20-6-8(13)4-16-20/h4,6-7,9H,3,5H2,1-2H3,(H,19,22). The van der Waals surface area contributed by atoms with Crippen LogP contribution in [0, 0.1) is 5.92 Å². The summed E-state index contributed by atoms with van der Waals surface area (Å²) in [6.45, 7) is 3.86. The van der Waals surface area contributed by atoms with Crippen LogP contribution in [-0.4, -0.2) is 36.3 Å². The van der Waals surface area contributed by atoms with E-state index < -0.39 is 24.1 Å². The molecule has 2 heterocycles. The monoisotopic (exact) mass is 408 g/mol. The van der Waals surface area contributed by atoms with Gasteiger partial charge in [-0.1, -0.05) is 25.6 Å². The number of halogens is 3. The molecule has 7 nitrogen and oxygen atoms in total. The number of carbonyl (C=O) groups is 1. The Hall–Kier alpha value is -1.49. The van der Waals surface area contributed by atoms with Crippen LogP contribution in [0.1, 0.15) is 26.1 Å². The fraction of sp³-hybridized carbons (Fsp3) is 0.500. The Morgan fingerprint density at radius 3 is 2.78 bits per heavy atom. The lowest BCUT2D eigenvalue weighted by Crippen LogP contribution is -2.32. The third kappa shape index (κ3) is 4.50. The molecule has 0 aliphatic carbocycles. The molecule has 0 fully saturated rings. The summed E-state index contributed by atoms with van der Waals surface area (Å²) in [5.74, 6) is -0.859. The summed E-state index contributed by atoms with van der Waals surface area (Å²) in [4.78, 5) is 12.3. The Morgan fingerprint density at radius 1 is 1.48 bits per heavy atom. The number of thioether (sulfide) groups is 1. The third-order valence-electron chi connectivity index (χ3n) is 2.86. The van der Waals surface area contributed by atoms with E-state index >= 15 is 0 Å². The second kappa shape index (κ2) is 7.86. The summed E-state index contributed by atoms with van der Waals surface area (Å²) >= 11 is 4.49. The molecular weight excluding hydrogens is 394 g/mol. The summed E-state index contributed by atoms with van der Waals surface area (Å²) in [5, 5.41) is 11.4. The van der Waals surface area contributed by atoms with Crippen LogP contribution in [0.25, 0.3) is 0 Å². The zero-order valence-electron chi connectivity index (χ0n) is 12.4. The van der Waals surface area contributed by atoms with Crippen molar-refractivity contribution >= 4 is 33.6 Å². The van der Waals surface area contributed by atoms with Gasteiger partial charge in [0.1, 0.15) is 0 Å². The zero-order valence-corrected chi connectivity index (χ0v) is 14.8. The van der Waals surface area contributed by atoms with Gasteiger partial charge in [0.05, 0.1) is 23.1 Å². The Morgan fingerprint density at radius 2 is 2.22 bits per heavy atom. The lowest BCUT2D eigenvalue weighted by molar-refractivity contribution is -0.120. The van der Waals surface area contributed by atoms with E-state index in [0.717, 1.165) is 9.15 Å². The maximum Gasteiger partial charge on any atom is 0.299 e. The smallest absolute Gasteiger partial charge is 0.273 e. The Bertz CT molecular complexity index is 676. The predicted octanol–water partition coefficient (Wildman–Crippen LogP) is 2.69. The topological polar surface area (TPSA) is 77.6 Å². The molecule has 2 aromatic rings. The maximum atomic E-state index is 13.0. The Labute approximate surface area is 143 Å². The predicted molar refractivity (Wildman–Crippen MR) is 84.8 cm³/mol. The molecule has 0 saturated heterocycles. The Kier molecular flexibility index (Phi) is 6.10. The van der Waals surface area contributed by atoms with Gasteiger partial charge in [-0.15, -0.1) is 10.2 Å². The van der Waals surface area contributed by atoms with Crippen LogP contribution in [0.4, 0.5) is 8.78 Å². The van der Waals surface area contributed by atoms with Gasteiger partial charge in [-0.3, -0.25) is 14.9 Å². The van der Waals surface area contributed by atoms with Crippen LogP contribution in [0.3, 0.4) is 0 Å². The molecule has 1 atom stereocenters. The number of hydrogen-bond acceptors (Lipinski definition) is 5. The molecule has 0 aliphatic heterocycles. The first-order chi connectivity index (χ1) is 10.9. The fourth-order valence-corrected chi connectivity index (χ4v) is 2.73. The molecule has 0 aliphatic rings. The van der Waals surface area contributed by atoms with Gasteiger partial charge >= 0.3 is 0 Å². The van der Waals surface area contributed by atoms with Crippen LogP contribution in [-0.2, 0) is 11.3 Å². The van der Waals surface area contributed by atoms with Crippen LogP contribution in [0.2, 0.25) is 0 Å². The molecule has 1 N–H and O–H groups in total. The highest BCUT2D eigenvalue weighted by Crippen LogP contribution is 2.22. The quantitative estimate of drug-likeness (QED) is 0.712. The van der Waals surface area contributed by atoms with Crippen molar-refractivity contribution in [3.05, 3.63) is 22.7 Å². The highest BCUT2D eigenvalue weighted by Gasteiger charge is 2.23. The van der Waals surface area contributed by atoms with Crippen molar-refractivity contribution < 1.29 is 13.6 Å². The summed E-state index contributed by atoms with van der Waals surface area (Å²) in [7, 11) is 0. The van der Waals surface area contributed by atoms with E-state index in [1.165, 1.54) is 11.8 Å². The van der Waals surface area contributed by atoms with Crippen molar-refractivity contribution in [2.45, 2.75) is 32.0 Å². The second-order valence-corrected chi connectivity index (χ2v) is 6.81. The largest absolute Gasteiger partial charge is 0.299 e. The zero-order chi connectivity index (χ0) is 17.0. The van der Waals surface area contributed by atoms with E-state index in [1.54, 1.807) is 24.0 Å². The van der Waals surface area contributed by atoms with Gasteiger partial charge < -0.3 is 0 Å². The molecular formula is C12H15BrF2N6OS. The number of amides is 1. The molecule has 126 valence electrons. The van der Waals surface area contributed by atoms with Crippen molar-refractivity contribution in [3.8, 4) is 0 Å². The Balaban J connectivity index is 2.10. The fourth-order valence-electron chi connectivity index (χ4n) is 1.77. The van der Waals surface area contributed by atoms with E-state index in [4.69, 9.17) is 0 Å². The first-order valence-electron chi connectivity index (χ1n) is 6.77. The molecule has 1 unspecified atom stereocenters. The lowest BCUT2D eigenvalue weighted by atomic mass is 10.2. The normalized spacial score (nSPS) is 12.6. The van der Waals surface area contributed by atoms with E-state index in [0.29, 0.717) is 12.3 Å². The average Bonchev–Trinajstić information content (AvgIpc) is 3.06. The molecule has 2 rings (SSSR count). The van der Waals surface area contributed by atoms with Gasteiger partial charge in [0, 0.05) is 6.20 Å². The molecule has 0 radical (unpaired) electrons. The molecule has 2 aromatic heterocycles. The first kappa shape index (κ1) is 17.9. The van der Waals surface area contributed by atoms with E-state index in [1.807, 2.05) is 6.92 Å². The van der Waals surface area contributed by atoms with Crippen molar-refractivity contribution in [3.63, 3.8) is 0 Å². The number of nitrogens with one attached hydrogen (secondary N) is 1. The molecule has 0 aromatic carbocycles. The average molecular weight is 409 g/mol. The van der Waals surface area contributed by atoms with Gasteiger partial charge in [-0.25, -0.2) is 13.5 Å². The molecule has 0 spiro atoms.